The van der Waals surface area contributed by atoms with Crippen LogP contribution in [0.2, 0.25) is 0 Å². The Morgan fingerprint density at radius 2 is 2.07 bits per heavy atom. The van der Waals surface area contributed by atoms with Gasteiger partial charge in [-0.3, -0.25) is 0 Å². The fourth-order valence-electron chi connectivity index (χ4n) is 1.14. The SMILES string of the molecule is CCC(C)(C)CNc1cc(N)nc(C)n1. The first-order valence-corrected chi connectivity index (χ1v) is 5.28. The summed E-state index contributed by atoms with van der Waals surface area (Å²) in [7, 11) is 0. The van der Waals surface area contributed by atoms with Crippen LogP contribution in [0.25, 0.3) is 0 Å². The van der Waals surface area contributed by atoms with E-state index in [9.17, 15) is 0 Å². The largest absolute Gasteiger partial charge is 0.384 e. The van der Waals surface area contributed by atoms with Crippen molar-refractivity contribution in [1.82, 2.24) is 9.97 Å². The van der Waals surface area contributed by atoms with Crippen LogP contribution in [0.1, 0.15) is 33.0 Å². The highest BCUT2D eigenvalue weighted by molar-refractivity contribution is 5.44. The molecule has 3 N–H and O–H groups in total. The minimum Gasteiger partial charge on any atom is -0.384 e. The summed E-state index contributed by atoms with van der Waals surface area (Å²) >= 11 is 0. The third-order valence-electron chi connectivity index (χ3n) is 2.56. The Hall–Kier alpha value is -1.32. The van der Waals surface area contributed by atoms with Crippen LogP contribution in [-0.2, 0) is 0 Å². The highest BCUT2D eigenvalue weighted by atomic mass is 15.0. The molecule has 0 spiro atoms. The van der Waals surface area contributed by atoms with Crippen LogP contribution in [0.15, 0.2) is 6.07 Å². The van der Waals surface area contributed by atoms with Gasteiger partial charge in [-0.05, 0) is 18.8 Å². The highest BCUT2D eigenvalue weighted by Crippen LogP contribution is 2.20. The summed E-state index contributed by atoms with van der Waals surface area (Å²) in [5, 5.41) is 3.29. The van der Waals surface area contributed by atoms with Crippen molar-refractivity contribution in [2.24, 2.45) is 5.41 Å². The third kappa shape index (κ3) is 3.73. The van der Waals surface area contributed by atoms with Gasteiger partial charge in [-0.15, -0.1) is 0 Å². The van der Waals surface area contributed by atoms with Gasteiger partial charge in [0.1, 0.15) is 17.5 Å². The fourth-order valence-corrected chi connectivity index (χ4v) is 1.14. The molecule has 1 aromatic heterocycles. The van der Waals surface area contributed by atoms with Gasteiger partial charge in [0.15, 0.2) is 0 Å². The van der Waals surface area contributed by atoms with Gasteiger partial charge in [-0.2, -0.15) is 0 Å². The molecule has 0 unspecified atom stereocenters. The highest BCUT2D eigenvalue weighted by Gasteiger charge is 2.14. The first-order valence-electron chi connectivity index (χ1n) is 5.28. The van der Waals surface area contributed by atoms with E-state index in [1.807, 2.05) is 6.92 Å². The number of nitrogens with one attached hydrogen (secondary N) is 1. The second-order valence-corrected chi connectivity index (χ2v) is 4.60. The van der Waals surface area contributed by atoms with Crippen molar-refractivity contribution in [3.05, 3.63) is 11.9 Å². The minimum atomic E-state index is 0.271. The summed E-state index contributed by atoms with van der Waals surface area (Å²) in [6, 6.07) is 1.76. The number of aryl methyl sites for hydroxylation is 1. The maximum Gasteiger partial charge on any atom is 0.131 e. The number of hydrogen-bond donors (Lipinski definition) is 2. The molecule has 0 aliphatic carbocycles. The average molecular weight is 208 g/mol. The van der Waals surface area contributed by atoms with E-state index in [4.69, 9.17) is 5.73 Å². The first kappa shape index (κ1) is 11.8. The van der Waals surface area contributed by atoms with Crippen LogP contribution in [0.3, 0.4) is 0 Å². The van der Waals surface area contributed by atoms with Crippen molar-refractivity contribution in [3.8, 4) is 0 Å². The molecule has 4 heteroatoms. The molecule has 0 fully saturated rings. The maximum absolute atomic E-state index is 5.64. The van der Waals surface area contributed by atoms with E-state index in [0.29, 0.717) is 11.6 Å². The Balaban J connectivity index is 2.65. The Kier molecular flexibility index (Phi) is 3.50. The summed E-state index contributed by atoms with van der Waals surface area (Å²) in [5.41, 5.74) is 5.91. The molecular formula is C11H20N4. The number of nitrogens with zero attached hydrogens (tertiary/aromatic N) is 2. The molecule has 0 aliphatic heterocycles. The molecule has 15 heavy (non-hydrogen) atoms. The summed E-state index contributed by atoms with van der Waals surface area (Å²) in [6.45, 7) is 9.35. The molecular weight excluding hydrogens is 188 g/mol. The fraction of sp³-hybridized carbons (Fsp3) is 0.636. The monoisotopic (exact) mass is 208 g/mol. The van der Waals surface area contributed by atoms with Crippen molar-refractivity contribution in [1.29, 1.82) is 0 Å². The van der Waals surface area contributed by atoms with Gasteiger partial charge in [-0.25, -0.2) is 9.97 Å². The first-order chi connectivity index (χ1) is 6.93. The Bertz CT molecular complexity index is 313. The number of rotatable bonds is 4. The van der Waals surface area contributed by atoms with Gasteiger partial charge in [0.2, 0.25) is 0 Å². The number of nitrogens with two attached hydrogens (primary N) is 1. The van der Waals surface area contributed by atoms with Gasteiger partial charge in [0, 0.05) is 12.6 Å². The lowest BCUT2D eigenvalue weighted by atomic mass is 9.90. The van der Waals surface area contributed by atoms with E-state index in [1.54, 1.807) is 6.07 Å². The average Bonchev–Trinajstić information content (AvgIpc) is 2.14. The zero-order chi connectivity index (χ0) is 11.5. The van der Waals surface area contributed by atoms with Crippen molar-refractivity contribution in [3.63, 3.8) is 0 Å². The summed E-state index contributed by atoms with van der Waals surface area (Å²) in [4.78, 5) is 8.29. The quantitative estimate of drug-likeness (QED) is 0.796. The number of anilines is 2. The lowest BCUT2D eigenvalue weighted by Gasteiger charge is -2.23. The van der Waals surface area contributed by atoms with Crippen LogP contribution in [0.4, 0.5) is 11.6 Å². The Morgan fingerprint density at radius 3 is 2.60 bits per heavy atom. The molecule has 0 atom stereocenters. The number of nitrogen functional groups attached to an aromatic ring is 1. The molecule has 1 heterocycles. The third-order valence-corrected chi connectivity index (χ3v) is 2.56. The van der Waals surface area contributed by atoms with Gasteiger partial charge < -0.3 is 11.1 Å². The lowest BCUT2D eigenvalue weighted by molar-refractivity contribution is 0.376. The number of hydrogen-bond acceptors (Lipinski definition) is 4. The van der Waals surface area contributed by atoms with E-state index in [-0.39, 0.29) is 5.41 Å². The zero-order valence-corrected chi connectivity index (χ0v) is 9.96. The molecule has 0 aliphatic rings. The molecule has 1 aromatic rings. The van der Waals surface area contributed by atoms with E-state index in [2.05, 4.69) is 36.1 Å². The molecule has 84 valence electrons. The van der Waals surface area contributed by atoms with E-state index >= 15 is 0 Å². The summed E-state index contributed by atoms with van der Waals surface area (Å²) in [6.07, 6.45) is 1.12. The minimum absolute atomic E-state index is 0.271. The van der Waals surface area contributed by atoms with Crippen LogP contribution in [-0.4, -0.2) is 16.5 Å². The molecule has 1 rings (SSSR count). The topological polar surface area (TPSA) is 63.8 Å². The van der Waals surface area contributed by atoms with Crippen molar-refractivity contribution < 1.29 is 0 Å². The second-order valence-electron chi connectivity index (χ2n) is 4.60. The molecule has 0 amide bonds. The lowest BCUT2D eigenvalue weighted by Crippen LogP contribution is -2.22. The number of aromatic nitrogens is 2. The zero-order valence-electron chi connectivity index (χ0n) is 9.96. The predicted molar refractivity (Wildman–Crippen MR) is 63.7 cm³/mol. The van der Waals surface area contributed by atoms with Crippen LogP contribution >= 0.6 is 0 Å². The van der Waals surface area contributed by atoms with Gasteiger partial charge in [0.05, 0.1) is 0 Å². The molecule has 0 aromatic carbocycles. The van der Waals surface area contributed by atoms with E-state index in [0.717, 1.165) is 18.8 Å². The van der Waals surface area contributed by atoms with Crippen LogP contribution < -0.4 is 11.1 Å². The predicted octanol–water partition coefficient (Wildman–Crippen LogP) is 2.22. The molecule has 0 radical (unpaired) electrons. The molecule has 0 bridgehead atoms. The van der Waals surface area contributed by atoms with Gasteiger partial charge in [-0.1, -0.05) is 20.8 Å². The van der Waals surface area contributed by atoms with Crippen LogP contribution in [0, 0.1) is 12.3 Å². The Morgan fingerprint density at radius 1 is 1.40 bits per heavy atom. The van der Waals surface area contributed by atoms with Gasteiger partial charge >= 0.3 is 0 Å². The Labute approximate surface area is 91.3 Å². The van der Waals surface area contributed by atoms with Gasteiger partial charge in [0.25, 0.3) is 0 Å². The second kappa shape index (κ2) is 4.47. The van der Waals surface area contributed by atoms with Crippen molar-refractivity contribution >= 4 is 11.6 Å². The van der Waals surface area contributed by atoms with Crippen molar-refractivity contribution in [2.75, 3.05) is 17.6 Å². The summed E-state index contributed by atoms with van der Waals surface area (Å²) in [5.74, 6) is 2.02. The molecule has 4 nitrogen and oxygen atoms in total. The van der Waals surface area contributed by atoms with E-state index in [1.165, 1.54) is 0 Å². The molecule has 0 saturated carbocycles. The normalized spacial score (nSPS) is 11.5. The maximum atomic E-state index is 5.64. The van der Waals surface area contributed by atoms with Crippen LogP contribution in [0.5, 0.6) is 0 Å². The summed E-state index contributed by atoms with van der Waals surface area (Å²) < 4.78 is 0. The van der Waals surface area contributed by atoms with Crippen molar-refractivity contribution in [2.45, 2.75) is 34.1 Å². The van der Waals surface area contributed by atoms with E-state index < -0.39 is 0 Å². The molecule has 0 saturated heterocycles. The standard InChI is InChI=1S/C11H20N4/c1-5-11(3,4)7-13-10-6-9(12)14-8(2)15-10/h6H,5,7H2,1-4H3,(H3,12,13,14,15). The smallest absolute Gasteiger partial charge is 0.131 e.